The highest BCUT2D eigenvalue weighted by atomic mass is 79.9. The summed E-state index contributed by atoms with van der Waals surface area (Å²) in [4.78, 5) is 13.5. The van der Waals surface area contributed by atoms with E-state index in [-0.39, 0.29) is 5.91 Å². The van der Waals surface area contributed by atoms with Crippen molar-refractivity contribution in [1.82, 2.24) is 0 Å². The number of rotatable bonds is 3. The summed E-state index contributed by atoms with van der Waals surface area (Å²) in [6.07, 6.45) is 3.08. The summed E-state index contributed by atoms with van der Waals surface area (Å²) in [5, 5.41) is 13.7. The molecule has 0 saturated carbocycles. The average molecular weight is 361 g/mol. The van der Waals surface area contributed by atoms with Gasteiger partial charge in [0.05, 0.1) is 5.56 Å². The predicted molar refractivity (Wildman–Crippen MR) is 88.1 cm³/mol. The normalized spacial score (nSPS) is 12.8. The zero-order valence-electron chi connectivity index (χ0n) is 11.3. The molecule has 1 heterocycles. The number of nitrogens with one attached hydrogen (secondary N) is 1. The van der Waals surface area contributed by atoms with E-state index in [1.54, 1.807) is 23.5 Å². The predicted octanol–water partition coefficient (Wildman–Crippen LogP) is 4.26. The van der Waals surface area contributed by atoms with Gasteiger partial charge in [0, 0.05) is 15.8 Å². The van der Waals surface area contributed by atoms with Crippen molar-refractivity contribution >= 4 is 38.2 Å². The topological polar surface area (TPSA) is 52.9 Å². The number of nitrogens with zero attached hydrogens (tertiary/aromatic N) is 1. The molecule has 5 heteroatoms. The Labute approximate surface area is 135 Å². The first kappa shape index (κ1) is 14.3. The summed E-state index contributed by atoms with van der Waals surface area (Å²) < 4.78 is 0. The molecule has 106 valence electrons. The van der Waals surface area contributed by atoms with Crippen molar-refractivity contribution in [1.29, 1.82) is 5.26 Å². The molecule has 1 amide bonds. The molecule has 0 aliphatic heterocycles. The second-order valence-electron chi connectivity index (χ2n) is 4.96. The Balaban J connectivity index is 1.83. The lowest BCUT2D eigenvalue weighted by atomic mass is 10.1. The minimum absolute atomic E-state index is 0.160. The standard InChI is InChI=1S/C16H13BrN2OS/c17-8-10-4-6-11(7-5-10)15(20)19-16-13(9-18)12-2-1-3-14(12)21-16/h4-7H,1-3,8H2,(H,19,20). The van der Waals surface area contributed by atoms with Gasteiger partial charge in [-0.25, -0.2) is 0 Å². The zero-order valence-corrected chi connectivity index (χ0v) is 13.7. The number of carbonyl (C=O) groups is 1. The SMILES string of the molecule is N#Cc1c(NC(=O)c2ccc(CBr)cc2)sc2c1CCC2. The van der Waals surface area contributed by atoms with Crippen LogP contribution in [0.2, 0.25) is 0 Å². The van der Waals surface area contributed by atoms with E-state index in [0.29, 0.717) is 16.1 Å². The number of anilines is 1. The van der Waals surface area contributed by atoms with E-state index < -0.39 is 0 Å². The Bertz CT molecular complexity index is 728. The van der Waals surface area contributed by atoms with Gasteiger partial charge in [-0.15, -0.1) is 11.3 Å². The number of hydrogen-bond acceptors (Lipinski definition) is 3. The quantitative estimate of drug-likeness (QED) is 0.831. The first-order chi connectivity index (χ1) is 10.2. The lowest BCUT2D eigenvalue weighted by Crippen LogP contribution is -2.11. The first-order valence-electron chi connectivity index (χ1n) is 6.74. The maximum absolute atomic E-state index is 12.3. The monoisotopic (exact) mass is 360 g/mol. The van der Waals surface area contributed by atoms with Crippen LogP contribution in [0.3, 0.4) is 0 Å². The molecular weight excluding hydrogens is 348 g/mol. The van der Waals surface area contributed by atoms with E-state index in [1.807, 2.05) is 12.1 Å². The number of carbonyl (C=O) groups excluding carboxylic acids is 1. The Morgan fingerprint density at radius 1 is 1.33 bits per heavy atom. The first-order valence-corrected chi connectivity index (χ1v) is 8.67. The van der Waals surface area contributed by atoms with E-state index in [0.717, 1.165) is 35.7 Å². The molecule has 21 heavy (non-hydrogen) atoms. The van der Waals surface area contributed by atoms with Crippen molar-refractivity contribution in [3.05, 3.63) is 51.4 Å². The van der Waals surface area contributed by atoms with Crippen LogP contribution in [0.5, 0.6) is 0 Å². The number of alkyl halides is 1. The summed E-state index contributed by atoms with van der Waals surface area (Å²) in [7, 11) is 0. The molecule has 1 aliphatic carbocycles. The summed E-state index contributed by atoms with van der Waals surface area (Å²) in [6.45, 7) is 0. The molecule has 0 bridgehead atoms. The summed E-state index contributed by atoms with van der Waals surface area (Å²) in [6, 6.07) is 9.69. The van der Waals surface area contributed by atoms with Crippen LogP contribution in [-0.2, 0) is 18.2 Å². The molecule has 0 atom stereocenters. The molecule has 0 radical (unpaired) electrons. The lowest BCUT2D eigenvalue weighted by Gasteiger charge is -2.05. The van der Waals surface area contributed by atoms with Crippen molar-refractivity contribution in [3.63, 3.8) is 0 Å². The largest absolute Gasteiger partial charge is 0.312 e. The third kappa shape index (κ3) is 2.74. The van der Waals surface area contributed by atoms with Gasteiger partial charge in [0.25, 0.3) is 5.91 Å². The number of nitriles is 1. The molecule has 1 aliphatic rings. The van der Waals surface area contributed by atoms with Crippen LogP contribution in [-0.4, -0.2) is 5.91 Å². The van der Waals surface area contributed by atoms with Crippen LogP contribution >= 0.6 is 27.3 Å². The van der Waals surface area contributed by atoms with Gasteiger partial charge in [0.2, 0.25) is 0 Å². The second kappa shape index (κ2) is 6.00. The van der Waals surface area contributed by atoms with Gasteiger partial charge < -0.3 is 5.32 Å². The van der Waals surface area contributed by atoms with E-state index >= 15 is 0 Å². The minimum atomic E-state index is -0.160. The third-order valence-electron chi connectivity index (χ3n) is 3.63. The van der Waals surface area contributed by atoms with Crippen LogP contribution in [0.1, 0.15) is 38.3 Å². The molecule has 1 aromatic carbocycles. The highest BCUT2D eigenvalue weighted by Gasteiger charge is 2.23. The minimum Gasteiger partial charge on any atom is -0.312 e. The molecule has 2 aromatic rings. The number of hydrogen-bond donors (Lipinski definition) is 1. The number of benzene rings is 1. The van der Waals surface area contributed by atoms with Crippen molar-refractivity contribution < 1.29 is 4.79 Å². The number of thiophene rings is 1. The molecule has 1 aromatic heterocycles. The van der Waals surface area contributed by atoms with Crippen LogP contribution in [0.15, 0.2) is 24.3 Å². The van der Waals surface area contributed by atoms with E-state index in [9.17, 15) is 10.1 Å². The molecule has 0 unspecified atom stereocenters. The molecule has 0 saturated heterocycles. The van der Waals surface area contributed by atoms with Crippen molar-refractivity contribution in [2.24, 2.45) is 0 Å². The zero-order chi connectivity index (χ0) is 14.8. The van der Waals surface area contributed by atoms with Gasteiger partial charge in [-0.05, 0) is 42.5 Å². The van der Waals surface area contributed by atoms with Gasteiger partial charge in [-0.2, -0.15) is 5.26 Å². The number of fused-ring (bicyclic) bond motifs is 1. The van der Waals surface area contributed by atoms with Gasteiger partial charge >= 0.3 is 0 Å². The third-order valence-corrected chi connectivity index (χ3v) is 5.49. The lowest BCUT2D eigenvalue weighted by molar-refractivity contribution is 0.102. The van der Waals surface area contributed by atoms with Gasteiger partial charge in [-0.1, -0.05) is 28.1 Å². The van der Waals surface area contributed by atoms with Gasteiger partial charge in [0.1, 0.15) is 11.1 Å². The highest BCUT2D eigenvalue weighted by molar-refractivity contribution is 9.08. The maximum Gasteiger partial charge on any atom is 0.256 e. The molecule has 0 spiro atoms. The molecule has 3 nitrogen and oxygen atoms in total. The molecular formula is C16H13BrN2OS. The van der Waals surface area contributed by atoms with Crippen molar-refractivity contribution in [2.75, 3.05) is 5.32 Å². The smallest absolute Gasteiger partial charge is 0.256 e. The number of halogens is 1. The Kier molecular flexibility index (Phi) is 4.09. The van der Waals surface area contributed by atoms with E-state index in [1.165, 1.54) is 4.88 Å². The van der Waals surface area contributed by atoms with E-state index in [4.69, 9.17) is 0 Å². The van der Waals surface area contributed by atoms with Crippen LogP contribution in [0.4, 0.5) is 5.00 Å². The summed E-state index contributed by atoms with van der Waals surface area (Å²) in [5.41, 5.74) is 3.52. The maximum atomic E-state index is 12.3. The highest BCUT2D eigenvalue weighted by Crippen LogP contribution is 2.38. The number of amides is 1. The van der Waals surface area contributed by atoms with Crippen LogP contribution < -0.4 is 5.32 Å². The summed E-state index contributed by atoms with van der Waals surface area (Å²) in [5.74, 6) is -0.160. The number of aryl methyl sites for hydroxylation is 1. The molecule has 3 rings (SSSR count). The van der Waals surface area contributed by atoms with E-state index in [2.05, 4.69) is 27.3 Å². The second-order valence-corrected chi connectivity index (χ2v) is 6.62. The Morgan fingerprint density at radius 3 is 2.76 bits per heavy atom. The summed E-state index contributed by atoms with van der Waals surface area (Å²) >= 11 is 4.92. The Hall–Kier alpha value is -1.64. The molecule has 0 fully saturated rings. The van der Waals surface area contributed by atoms with Gasteiger partial charge in [0.15, 0.2) is 0 Å². The fraction of sp³-hybridized carbons (Fsp3) is 0.250. The Morgan fingerprint density at radius 2 is 2.10 bits per heavy atom. The fourth-order valence-corrected chi connectivity index (χ4v) is 4.14. The van der Waals surface area contributed by atoms with Crippen LogP contribution in [0, 0.1) is 11.3 Å². The van der Waals surface area contributed by atoms with Crippen molar-refractivity contribution in [2.45, 2.75) is 24.6 Å². The van der Waals surface area contributed by atoms with Crippen molar-refractivity contribution in [3.8, 4) is 6.07 Å². The fourth-order valence-electron chi connectivity index (χ4n) is 2.53. The van der Waals surface area contributed by atoms with Crippen LogP contribution in [0.25, 0.3) is 0 Å². The molecule has 1 N–H and O–H groups in total. The average Bonchev–Trinajstić information content (AvgIpc) is 3.07. The van der Waals surface area contributed by atoms with Gasteiger partial charge in [-0.3, -0.25) is 4.79 Å².